The molecule has 2 aromatic heterocycles. The van der Waals surface area contributed by atoms with Crippen LogP contribution < -0.4 is 4.74 Å². The molecule has 0 atom stereocenters. The first kappa shape index (κ1) is 14.8. The van der Waals surface area contributed by atoms with E-state index < -0.39 is 0 Å². The fraction of sp³-hybridized carbons (Fsp3) is 0.389. The van der Waals surface area contributed by atoms with Gasteiger partial charge >= 0.3 is 0 Å². The molecule has 120 valence electrons. The minimum atomic E-state index is 0.637. The number of para-hydroxylation sites is 1. The predicted molar refractivity (Wildman–Crippen MR) is 94.3 cm³/mol. The van der Waals surface area contributed by atoms with E-state index >= 15 is 0 Å². The Morgan fingerprint density at radius 1 is 1.30 bits per heavy atom. The molecule has 1 saturated heterocycles. The number of pyridine rings is 1. The topological polar surface area (TPSA) is 41.1 Å². The Balaban J connectivity index is 1.61. The Morgan fingerprint density at radius 3 is 2.96 bits per heavy atom. The molecule has 0 bridgehead atoms. The van der Waals surface area contributed by atoms with Gasteiger partial charge in [-0.1, -0.05) is 23.7 Å². The Labute approximate surface area is 140 Å². The second-order valence-corrected chi connectivity index (χ2v) is 6.85. The van der Waals surface area contributed by atoms with Gasteiger partial charge in [-0.2, -0.15) is 0 Å². The van der Waals surface area contributed by atoms with Gasteiger partial charge in [-0.25, -0.2) is 4.98 Å². The zero-order valence-electron chi connectivity index (χ0n) is 13.2. The molecule has 1 aliphatic rings. The van der Waals surface area contributed by atoms with E-state index in [1.165, 1.54) is 12.8 Å². The van der Waals surface area contributed by atoms with Crippen LogP contribution in [0.25, 0.3) is 21.9 Å². The smallest absolute Gasteiger partial charge is 0.143 e. The maximum Gasteiger partial charge on any atom is 0.143 e. The van der Waals surface area contributed by atoms with Crippen LogP contribution in [-0.4, -0.2) is 41.6 Å². The van der Waals surface area contributed by atoms with E-state index in [0.29, 0.717) is 10.9 Å². The van der Waals surface area contributed by atoms with Crippen LogP contribution in [0.3, 0.4) is 0 Å². The molecule has 1 aliphatic heterocycles. The van der Waals surface area contributed by atoms with E-state index in [-0.39, 0.29) is 0 Å². The third-order valence-electron chi connectivity index (χ3n) is 4.73. The molecule has 0 saturated carbocycles. The molecule has 4 rings (SSSR count). The first-order valence-electron chi connectivity index (χ1n) is 8.08. The first-order chi connectivity index (χ1) is 11.2. The van der Waals surface area contributed by atoms with E-state index in [9.17, 15) is 0 Å². The van der Waals surface area contributed by atoms with Crippen molar-refractivity contribution in [2.75, 3.05) is 26.7 Å². The van der Waals surface area contributed by atoms with Crippen LogP contribution in [0.2, 0.25) is 5.02 Å². The van der Waals surface area contributed by atoms with Crippen molar-refractivity contribution >= 4 is 33.5 Å². The summed E-state index contributed by atoms with van der Waals surface area (Å²) in [5.74, 6) is 1.54. The number of rotatable bonds is 3. The minimum Gasteiger partial charge on any atom is -0.491 e. The number of nitrogens with one attached hydrogen (secondary N) is 1. The lowest BCUT2D eigenvalue weighted by Crippen LogP contribution is -2.32. The molecular formula is C18H20ClN3O. The number of piperidine rings is 1. The lowest BCUT2D eigenvalue weighted by Gasteiger charge is -2.28. The van der Waals surface area contributed by atoms with Gasteiger partial charge in [0.25, 0.3) is 0 Å². The van der Waals surface area contributed by atoms with Crippen LogP contribution in [0.1, 0.15) is 12.8 Å². The van der Waals surface area contributed by atoms with E-state index in [0.717, 1.165) is 47.4 Å². The lowest BCUT2D eigenvalue weighted by molar-refractivity contribution is 0.161. The number of aromatic amines is 1. The van der Waals surface area contributed by atoms with Crippen molar-refractivity contribution in [3.8, 4) is 5.75 Å². The normalized spacial score (nSPS) is 17.1. The van der Waals surface area contributed by atoms with Gasteiger partial charge in [-0.05, 0) is 51.0 Å². The van der Waals surface area contributed by atoms with E-state index in [1.807, 2.05) is 18.2 Å². The maximum absolute atomic E-state index is 6.14. The predicted octanol–water partition coefficient (Wildman–Crippen LogP) is 4.09. The third kappa shape index (κ3) is 2.89. The average Bonchev–Trinajstić information content (AvgIpc) is 2.93. The van der Waals surface area contributed by atoms with Crippen LogP contribution in [-0.2, 0) is 0 Å². The van der Waals surface area contributed by atoms with Crippen molar-refractivity contribution in [1.82, 2.24) is 14.9 Å². The molecule has 0 amide bonds. The number of aromatic nitrogens is 2. The summed E-state index contributed by atoms with van der Waals surface area (Å²) in [6.07, 6.45) is 4.07. The summed E-state index contributed by atoms with van der Waals surface area (Å²) in [6, 6.07) is 8.08. The molecule has 23 heavy (non-hydrogen) atoms. The molecule has 0 unspecified atom stereocenters. The zero-order valence-corrected chi connectivity index (χ0v) is 13.9. The Bertz CT molecular complexity index is 837. The average molecular weight is 330 g/mol. The lowest BCUT2D eigenvalue weighted by atomic mass is 9.98. The van der Waals surface area contributed by atoms with Crippen LogP contribution in [0.15, 0.2) is 30.5 Å². The number of halogens is 1. The van der Waals surface area contributed by atoms with Gasteiger partial charge in [0.2, 0.25) is 0 Å². The number of ether oxygens (including phenoxy) is 1. The first-order valence-corrected chi connectivity index (χ1v) is 8.46. The van der Waals surface area contributed by atoms with Gasteiger partial charge in [0.1, 0.15) is 11.4 Å². The van der Waals surface area contributed by atoms with Gasteiger partial charge < -0.3 is 14.6 Å². The van der Waals surface area contributed by atoms with Crippen LogP contribution in [0.5, 0.6) is 5.75 Å². The summed E-state index contributed by atoms with van der Waals surface area (Å²) in [7, 11) is 2.18. The largest absolute Gasteiger partial charge is 0.491 e. The van der Waals surface area contributed by atoms with Gasteiger partial charge in [0.05, 0.1) is 17.1 Å². The van der Waals surface area contributed by atoms with E-state index in [1.54, 1.807) is 6.20 Å². The highest BCUT2D eigenvalue weighted by molar-refractivity contribution is 6.31. The molecule has 1 fully saturated rings. The Morgan fingerprint density at radius 2 is 2.13 bits per heavy atom. The van der Waals surface area contributed by atoms with Crippen molar-refractivity contribution in [3.05, 3.63) is 35.5 Å². The Kier molecular flexibility index (Phi) is 3.87. The molecule has 1 N–H and O–H groups in total. The summed E-state index contributed by atoms with van der Waals surface area (Å²) in [5.41, 5.74) is 1.85. The second kappa shape index (κ2) is 6.02. The molecule has 5 heteroatoms. The number of likely N-dealkylation sites (tertiary alicyclic amines) is 1. The van der Waals surface area contributed by atoms with Gasteiger partial charge in [0.15, 0.2) is 0 Å². The van der Waals surface area contributed by atoms with E-state index in [4.69, 9.17) is 16.3 Å². The summed E-state index contributed by atoms with van der Waals surface area (Å²) in [4.78, 5) is 10.1. The minimum absolute atomic E-state index is 0.637. The zero-order chi connectivity index (χ0) is 15.8. The highest BCUT2D eigenvalue weighted by Crippen LogP contribution is 2.32. The monoisotopic (exact) mass is 329 g/mol. The van der Waals surface area contributed by atoms with Crippen LogP contribution in [0.4, 0.5) is 0 Å². The highest BCUT2D eigenvalue weighted by Gasteiger charge is 2.18. The molecule has 4 nitrogen and oxygen atoms in total. The number of H-pyrrole nitrogens is 1. The number of hydrogen-bond donors (Lipinski definition) is 1. The molecule has 3 aromatic rings. The van der Waals surface area contributed by atoms with Crippen LogP contribution >= 0.6 is 11.6 Å². The van der Waals surface area contributed by atoms with Gasteiger partial charge in [-0.15, -0.1) is 0 Å². The number of benzene rings is 1. The number of fused-ring (bicyclic) bond motifs is 3. The van der Waals surface area contributed by atoms with Crippen molar-refractivity contribution in [2.24, 2.45) is 5.92 Å². The van der Waals surface area contributed by atoms with Crippen molar-refractivity contribution in [2.45, 2.75) is 12.8 Å². The third-order valence-corrected chi connectivity index (χ3v) is 4.93. The molecule has 1 aromatic carbocycles. The molecule has 3 heterocycles. The summed E-state index contributed by atoms with van der Waals surface area (Å²) in [5, 5.41) is 2.80. The molecular weight excluding hydrogens is 310 g/mol. The van der Waals surface area contributed by atoms with Gasteiger partial charge in [-0.3, -0.25) is 0 Å². The van der Waals surface area contributed by atoms with Crippen molar-refractivity contribution < 1.29 is 4.74 Å². The standard InChI is InChI=1S/C18H20ClN3O/c1-22-7-5-12(6-8-22)11-23-16-4-2-3-14-15-9-13(19)10-20-18(15)21-17(14)16/h2-4,9-10,12H,5-8,11H2,1H3,(H,20,21). The summed E-state index contributed by atoms with van der Waals surface area (Å²) in [6.45, 7) is 3.09. The highest BCUT2D eigenvalue weighted by atomic mass is 35.5. The fourth-order valence-electron chi connectivity index (χ4n) is 3.30. The maximum atomic E-state index is 6.14. The van der Waals surface area contributed by atoms with Gasteiger partial charge in [0, 0.05) is 17.0 Å². The number of nitrogens with zero attached hydrogens (tertiary/aromatic N) is 2. The molecule has 0 aliphatic carbocycles. The quantitative estimate of drug-likeness (QED) is 0.787. The summed E-state index contributed by atoms with van der Waals surface area (Å²) >= 11 is 6.08. The van der Waals surface area contributed by atoms with Crippen LogP contribution in [0, 0.1) is 5.92 Å². The number of hydrogen-bond acceptors (Lipinski definition) is 3. The van der Waals surface area contributed by atoms with E-state index in [2.05, 4.69) is 28.0 Å². The van der Waals surface area contributed by atoms with Crippen molar-refractivity contribution in [3.63, 3.8) is 0 Å². The molecule has 0 spiro atoms. The summed E-state index contributed by atoms with van der Waals surface area (Å²) < 4.78 is 6.14. The second-order valence-electron chi connectivity index (χ2n) is 6.41. The fourth-order valence-corrected chi connectivity index (χ4v) is 3.46. The SMILES string of the molecule is CN1CCC(COc2cccc3c2[nH]c2ncc(Cl)cc23)CC1. The molecule has 0 radical (unpaired) electrons. The van der Waals surface area contributed by atoms with Crippen molar-refractivity contribution in [1.29, 1.82) is 0 Å². The Hall–Kier alpha value is -1.78.